The monoisotopic (exact) mass is 488 g/mol. The van der Waals surface area contributed by atoms with Crippen molar-refractivity contribution in [2.24, 2.45) is 0 Å². The minimum Gasteiger partial charge on any atom is -0.744 e. The second kappa shape index (κ2) is 18.0. The van der Waals surface area contributed by atoms with Gasteiger partial charge in [0.2, 0.25) is 0 Å². The van der Waals surface area contributed by atoms with Crippen LogP contribution in [0.15, 0.2) is 47.4 Å². The van der Waals surface area contributed by atoms with Gasteiger partial charge in [0.1, 0.15) is 10.1 Å². The molecule has 0 radical (unpaired) electrons. The average molecular weight is 489 g/mol. The molecule has 0 bridgehead atoms. The Hall–Kier alpha value is -1.45. The largest absolute Gasteiger partial charge is 1.00 e. The van der Waals surface area contributed by atoms with Crippen molar-refractivity contribution >= 4 is 22.1 Å². The SMILES string of the molecule is CC/C=C/CCCCOC(=O)c1ccc(S(=O)(=O)[O-])cc1C(=O)OCCCC/C=C/CC.[Na+]. The van der Waals surface area contributed by atoms with E-state index in [9.17, 15) is 22.6 Å². The maximum absolute atomic E-state index is 12.5. The number of carbonyl (C=O) groups is 2. The predicted octanol–water partition coefficient (Wildman–Crippen LogP) is 2.18. The van der Waals surface area contributed by atoms with E-state index in [1.807, 2.05) is 6.92 Å². The standard InChI is InChI=1S/C24H34O7S.Na/c1-3-5-7-9-11-13-17-30-23(25)21-16-15-20(32(27,28)29)19-22(21)24(26)31-18-14-12-10-8-6-4-2;/h5-8,15-16,19H,3-4,9-14,17-18H2,1-2H3,(H,27,28,29);/q;+1/p-1/b7-5+,8-6+;. The first-order valence-corrected chi connectivity index (χ1v) is 12.5. The molecule has 9 heteroatoms. The number of hydrogen-bond donors (Lipinski definition) is 0. The summed E-state index contributed by atoms with van der Waals surface area (Å²) in [4.78, 5) is 24.4. The zero-order chi connectivity index (χ0) is 23.8. The number of ether oxygens (including phenoxy) is 2. The summed E-state index contributed by atoms with van der Waals surface area (Å²) in [5, 5.41) is 0. The molecule has 0 spiro atoms. The van der Waals surface area contributed by atoms with E-state index in [2.05, 4.69) is 31.2 Å². The summed E-state index contributed by atoms with van der Waals surface area (Å²) < 4.78 is 44.5. The van der Waals surface area contributed by atoms with Gasteiger partial charge in [0.05, 0.1) is 29.2 Å². The second-order valence-electron chi connectivity index (χ2n) is 7.18. The number of unbranched alkanes of at least 4 members (excludes halogenated alkanes) is 4. The van der Waals surface area contributed by atoms with Crippen molar-refractivity contribution in [3.05, 3.63) is 53.6 Å². The number of rotatable bonds is 15. The van der Waals surface area contributed by atoms with Crippen LogP contribution < -0.4 is 29.6 Å². The Bertz CT molecular complexity index is 892. The topological polar surface area (TPSA) is 110 Å². The fourth-order valence-electron chi connectivity index (χ4n) is 2.81. The van der Waals surface area contributed by atoms with Gasteiger partial charge in [-0.05, 0) is 69.6 Å². The van der Waals surface area contributed by atoms with Crippen LogP contribution in [0.5, 0.6) is 0 Å². The van der Waals surface area contributed by atoms with Crippen LogP contribution in [-0.2, 0) is 19.6 Å². The van der Waals surface area contributed by atoms with Crippen molar-refractivity contribution in [3.63, 3.8) is 0 Å². The molecule has 0 fully saturated rings. The smallest absolute Gasteiger partial charge is 0.744 e. The summed E-state index contributed by atoms with van der Waals surface area (Å²) >= 11 is 0. The zero-order valence-electron chi connectivity index (χ0n) is 19.9. The fourth-order valence-corrected chi connectivity index (χ4v) is 3.31. The number of hydrogen-bond acceptors (Lipinski definition) is 7. The quantitative estimate of drug-likeness (QED) is 0.122. The molecule has 0 aliphatic carbocycles. The van der Waals surface area contributed by atoms with Gasteiger partial charge in [0, 0.05) is 0 Å². The minimum absolute atomic E-state index is 0. The molecule has 1 rings (SSSR count). The number of allylic oxidation sites excluding steroid dienone is 4. The first-order valence-electron chi connectivity index (χ1n) is 11.0. The van der Waals surface area contributed by atoms with E-state index in [0.717, 1.165) is 56.7 Å². The van der Waals surface area contributed by atoms with Gasteiger partial charge in [0.15, 0.2) is 0 Å². The van der Waals surface area contributed by atoms with Crippen LogP contribution in [0.3, 0.4) is 0 Å². The Labute approximate surface area is 219 Å². The predicted molar refractivity (Wildman–Crippen MR) is 122 cm³/mol. The molecule has 0 amide bonds. The van der Waals surface area contributed by atoms with E-state index < -0.39 is 27.0 Å². The van der Waals surface area contributed by atoms with Crippen LogP contribution in [0.2, 0.25) is 0 Å². The molecule has 33 heavy (non-hydrogen) atoms. The van der Waals surface area contributed by atoms with Crippen molar-refractivity contribution < 1.29 is 61.6 Å². The molecule has 0 aliphatic heterocycles. The number of carbonyl (C=O) groups excluding carboxylic acids is 2. The molecule has 0 aromatic heterocycles. The summed E-state index contributed by atoms with van der Waals surface area (Å²) in [5.41, 5.74) is -0.414. The molecule has 0 aliphatic rings. The summed E-state index contributed by atoms with van der Waals surface area (Å²) in [5.74, 6) is -1.63. The zero-order valence-corrected chi connectivity index (χ0v) is 22.7. The molecule has 0 N–H and O–H groups in total. The maximum atomic E-state index is 12.5. The summed E-state index contributed by atoms with van der Waals surface area (Å²) in [6.07, 6.45) is 14.9. The van der Waals surface area contributed by atoms with Gasteiger partial charge in [-0.25, -0.2) is 18.0 Å². The number of esters is 2. The van der Waals surface area contributed by atoms with E-state index in [-0.39, 0.29) is 53.9 Å². The van der Waals surface area contributed by atoms with Crippen LogP contribution in [0, 0.1) is 0 Å². The van der Waals surface area contributed by atoms with E-state index in [0.29, 0.717) is 12.8 Å². The van der Waals surface area contributed by atoms with Crippen LogP contribution in [0.25, 0.3) is 0 Å². The van der Waals surface area contributed by atoms with Crippen molar-refractivity contribution in [2.45, 2.75) is 70.1 Å². The third-order valence-electron chi connectivity index (χ3n) is 4.52. The van der Waals surface area contributed by atoms with E-state index in [1.165, 1.54) is 0 Å². The summed E-state index contributed by atoms with van der Waals surface area (Å²) in [6.45, 7) is 4.38. The first-order chi connectivity index (χ1) is 15.3. The van der Waals surface area contributed by atoms with Crippen LogP contribution in [-0.4, -0.2) is 38.1 Å². The normalized spacial score (nSPS) is 11.5. The van der Waals surface area contributed by atoms with Crippen LogP contribution in [0.1, 0.15) is 85.9 Å². The second-order valence-corrected chi connectivity index (χ2v) is 8.56. The van der Waals surface area contributed by atoms with Crippen molar-refractivity contribution in [2.75, 3.05) is 13.2 Å². The molecule has 0 atom stereocenters. The molecule has 0 heterocycles. The van der Waals surface area contributed by atoms with Crippen molar-refractivity contribution in [3.8, 4) is 0 Å². The Morgan fingerprint density at radius 2 is 1.30 bits per heavy atom. The number of benzene rings is 1. The Morgan fingerprint density at radius 1 is 0.818 bits per heavy atom. The molecule has 1 aromatic rings. The van der Waals surface area contributed by atoms with Crippen LogP contribution >= 0.6 is 0 Å². The molecule has 0 saturated carbocycles. The summed E-state index contributed by atoms with van der Waals surface area (Å²) in [7, 11) is -4.80. The van der Waals surface area contributed by atoms with Gasteiger partial charge >= 0.3 is 41.5 Å². The molecular formula is C24H33NaO7S. The molecule has 7 nitrogen and oxygen atoms in total. The van der Waals surface area contributed by atoms with E-state index in [4.69, 9.17) is 9.47 Å². The van der Waals surface area contributed by atoms with E-state index in [1.54, 1.807) is 0 Å². The Balaban J connectivity index is 0.0000102. The Kier molecular flexibility index (Phi) is 17.2. The summed E-state index contributed by atoms with van der Waals surface area (Å²) in [6, 6.07) is 2.98. The van der Waals surface area contributed by atoms with Crippen LogP contribution in [0.4, 0.5) is 0 Å². The third kappa shape index (κ3) is 13.1. The van der Waals surface area contributed by atoms with Gasteiger partial charge in [-0.1, -0.05) is 38.2 Å². The van der Waals surface area contributed by atoms with Gasteiger partial charge in [-0.2, -0.15) is 0 Å². The Morgan fingerprint density at radius 3 is 1.76 bits per heavy atom. The fraction of sp³-hybridized carbons (Fsp3) is 0.500. The van der Waals surface area contributed by atoms with Crippen molar-refractivity contribution in [1.29, 1.82) is 0 Å². The minimum atomic E-state index is -4.80. The van der Waals surface area contributed by atoms with Gasteiger partial charge in [0.25, 0.3) is 0 Å². The molecule has 178 valence electrons. The van der Waals surface area contributed by atoms with Crippen molar-refractivity contribution in [1.82, 2.24) is 0 Å². The average Bonchev–Trinajstić information content (AvgIpc) is 2.76. The van der Waals surface area contributed by atoms with E-state index >= 15 is 0 Å². The molecule has 0 saturated heterocycles. The van der Waals surface area contributed by atoms with Gasteiger partial charge in [-0.15, -0.1) is 0 Å². The maximum Gasteiger partial charge on any atom is 1.00 e. The first kappa shape index (κ1) is 31.6. The molecular weight excluding hydrogens is 455 g/mol. The van der Waals surface area contributed by atoms with Gasteiger partial charge < -0.3 is 14.0 Å². The molecule has 1 aromatic carbocycles. The van der Waals surface area contributed by atoms with Gasteiger partial charge in [-0.3, -0.25) is 0 Å². The molecule has 0 unspecified atom stereocenters. The third-order valence-corrected chi connectivity index (χ3v) is 5.35.